The van der Waals surface area contributed by atoms with E-state index in [1.165, 1.54) is 0 Å². The Morgan fingerprint density at radius 2 is 1.58 bits per heavy atom. The number of nitrogens with zero attached hydrogens (tertiary/aromatic N) is 4. The Labute approximate surface area is 215 Å². The average Bonchev–Trinajstić information content (AvgIpc) is 3.45. The van der Waals surface area contributed by atoms with E-state index < -0.39 is 5.41 Å². The number of carbonyl (C=O) groups excluding carboxylic acids is 1. The Morgan fingerprint density at radius 3 is 2.25 bits per heavy atom. The molecule has 3 heterocycles. The topological polar surface area (TPSA) is 67.8 Å². The largest absolute Gasteiger partial charge is 0.454 e. The zero-order valence-electron chi connectivity index (χ0n) is 20.8. The van der Waals surface area contributed by atoms with Crippen LogP contribution in [0.5, 0.6) is 11.5 Å². The maximum absolute atomic E-state index is 14.5. The van der Waals surface area contributed by atoms with E-state index in [1.54, 1.807) is 0 Å². The van der Waals surface area contributed by atoms with E-state index in [2.05, 4.69) is 36.6 Å². The summed E-state index contributed by atoms with van der Waals surface area (Å²) >= 11 is 6.22. The van der Waals surface area contributed by atoms with E-state index in [-0.39, 0.29) is 23.5 Å². The van der Waals surface area contributed by atoms with Crippen LogP contribution >= 0.6 is 11.6 Å². The van der Waals surface area contributed by atoms with Crippen LogP contribution in [0.3, 0.4) is 0 Å². The van der Waals surface area contributed by atoms with Gasteiger partial charge in [-0.2, -0.15) is 0 Å². The van der Waals surface area contributed by atoms with Gasteiger partial charge in [-0.15, -0.1) is 0 Å². The Morgan fingerprint density at radius 1 is 0.917 bits per heavy atom. The molecule has 2 aromatic carbocycles. The van der Waals surface area contributed by atoms with Crippen molar-refractivity contribution in [2.24, 2.45) is 5.41 Å². The van der Waals surface area contributed by atoms with Crippen molar-refractivity contribution < 1.29 is 14.3 Å². The van der Waals surface area contributed by atoms with E-state index in [9.17, 15) is 4.79 Å². The van der Waals surface area contributed by atoms with Crippen molar-refractivity contribution in [2.75, 3.05) is 37.9 Å². The number of aromatic nitrogens is 2. The van der Waals surface area contributed by atoms with Crippen LogP contribution in [0.15, 0.2) is 36.4 Å². The number of amides is 1. The minimum atomic E-state index is -0.688. The highest BCUT2D eigenvalue weighted by molar-refractivity contribution is 6.30. The van der Waals surface area contributed by atoms with Gasteiger partial charge in [0.05, 0.1) is 27.8 Å². The lowest BCUT2D eigenvalue weighted by Crippen LogP contribution is -2.57. The minimum absolute atomic E-state index is 0.190. The summed E-state index contributed by atoms with van der Waals surface area (Å²) in [5, 5.41) is 0.729. The lowest BCUT2D eigenvalue weighted by molar-refractivity contribution is -0.141. The maximum Gasteiger partial charge on any atom is 0.235 e. The third-order valence-corrected chi connectivity index (χ3v) is 9.87. The number of hydrogen-bond donors (Lipinski definition) is 0. The molecule has 0 spiro atoms. The SMILES string of the molecule is CC12CCC(C(=O)N3CCN(c4cccc(Cl)c4)CC3)(c3nc4cc5c(cc4nc31)OCO5)C2(C)C. The summed E-state index contributed by atoms with van der Waals surface area (Å²) in [5.41, 5.74) is 3.25. The third kappa shape index (κ3) is 2.67. The zero-order valence-corrected chi connectivity index (χ0v) is 21.6. The molecule has 7 nitrogen and oxygen atoms in total. The number of carbonyl (C=O) groups is 1. The number of benzene rings is 2. The summed E-state index contributed by atoms with van der Waals surface area (Å²) in [7, 11) is 0. The minimum Gasteiger partial charge on any atom is -0.454 e. The van der Waals surface area contributed by atoms with E-state index in [4.69, 9.17) is 31.0 Å². The first kappa shape index (κ1) is 22.2. The van der Waals surface area contributed by atoms with Gasteiger partial charge in [0.15, 0.2) is 11.5 Å². The smallest absolute Gasteiger partial charge is 0.235 e. The fourth-order valence-corrected chi connectivity index (χ4v) is 7.26. The lowest BCUT2D eigenvalue weighted by Gasteiger charge is -2.44. The second-order valence-electron chi connectivity index (χ2n) is 11.2. The van der Waals surface area contributed by atoms with Gasteiger partial charge in [0, 0.05) is 54.4 Å². The van der Waals surface area contributed by atoms with Crippen molar-refractivity contribution in [1.29, 1.82) is 0 Å². The zero-order chi connectivity index (χ0) is 24.9. The van der Waals surface area contributed by atoms with Crippen molar-refractivity contribution >= 4 is 34.2 Å². The second kappa shape index (κ2) is 7.25. The molecule has 2 aliphatic heterocycles. The van der Waals surface area contributed by atoms with Crippen LogP contribution in [0.25, 0.3) is 11.0 Å². The third-order valence-electron chi connectivity index (χ3n) is 9.64. The summed E-state index contributed by atoms with van der Waals surface area (Å²) < 4.78 is 11.2. The Bertz CT molecular complexity index is 1430. The first-order valence-corrected chi connectivity index (χ1v) is 13.0. The van der Waals surface area contributed by atoms with Crippen LogP contribution in [0, 0.1) is 5.41 Å². The van der Waals surface area contributed by atoms with Gasteiger partial charge in [-0.05, 0) is 36.5 Å². The highest BCUT2D eigenvalue weighted by Gasteiger charge is 2.73. The van der Waals surface area contributed by atoms with Crippen LogP contribution in [0.1, 0.15) is 45.0 Å². The van der Waals surface area contributed by atoms with Crippen molar-refractivity contribution in [2.45, 2.75) is 44.4 Å². The lowest BCUT2D eigenvalue weighted by atomic mass is 9.63. The molecule has 4 aliphatic rings. The van der Waals surface area contributed by atoms with Gasteiger partial charge in [-0.1, -0.05) is 38.4 Å². The molecule has 0 N–H and O–H groups in total. The molecule has 186 valence electrons. The van der Waals surface area contributed by atoms with Gasteiger partial charge >= 0.3 is 0 Å². The molecule has 1 amide bonds. The molecule has 2 fully saturated rings. The molecule has 1 saturated heterocycles. The van der Waals surface area contributed by atoms with Gasteiger partial charge in [-0.3, -0.25) is 4.79 Å². The molecule has 8 heteroatoms. The Balaban J connectivity index is 1.26. The number of halogens is 1. The van der Waals surface area contributed by atoms with Crippen LogP contribution in [0.2, 0.25) is 5.02 Å². The quantitative estimate of drug-likeness (QED) is 0.504. The molecule has 1 saturated carbocycles. The molecular formula is C28H29ClN4O3. The monoisotopic (exact) mass is 504 g/mol. The number of ether oxygens (including phenoxy) is 2. The summed E-state index contributed by atoms with van der Waals surface area (Å²) in [6, 6.07) is 11.7. The van der Waals surface area contributed by atoms with E-state index >= 15 is 0 Å². The van der Waals surface area contributed by atoms with Crippen LogP contribution in [-0.4, -0.2) is 53.7 Å². The van der Waals surface area contributed by atoms with E-state index in [0.29, 0.717) is 24.6 Å². The highest BCUT2D eigenvalue weighted by Crippen LogP contribution is 2.70. The second-order valence-corrected chi connectivity index (χ2v) is 11.7. The fourth-order valence-electron chi connectivity index (χ4n) is 7.08. The molecule has 36 heavy (non-hydrogen) atoms. The van der Waals surface area contributed by atoms with Crippen LogP contribution in [-0.2, 0) is 15.6 Å². The van der Waals surface area contributed by atoms with Gasteiger partial charge < -0.3 is 19.3 Å². The Kier molecular flexibility index (Phi) is 4.46. The van der Waals surface area contributed by atoms with Crippen LogP contribution in [0.4, 0.5) is 5.69 Å². The number of piperazine rings is 1. The summed E-state index contributed by atoms with van der Waals surface area (Å²) in [5.74, 6) is 1.57. The number of hydrogen-bond acceptors (Lipinski definition) is 6. The molecule has 2 atom stereocenters. The fraction of sp³-hybridized carbons (Fsp3) is 0.464. The molecule has 3 aromatic rings. The van der Waals surface area contributed by atoms with E-state index in [0.717, 1.165) is 59.1 Å². The summed E-state index contributed by atoms with van der Waals surface area (Å²) in [6.45, 7) is 9.85. The van der Waals surface area contributed by atoms with Gasteiger partial charge in [0.25, 0.3) is 0 Å². The first-order chi connectivity index (χ1) is 17.2. The normalized spacial score (nSPS) is 27.6. The van der Waals surface area contributed by atoms with Crippen LogP contribution < -0.4 is 14.4 Å². The molecule has 2 bridgehead atoms. The number of rotatable bonds is 2. The Hall–Kier alpha value is -3.06. The van der Waals surface area contributed by atoms with E-state index in [1.807, 2.05) is 30.3 Å². The van der Waals surface area contributed by atoms with Crippen molar-refractivity contribution in [3.63, 3.8) is 0 Å². The van der Waals surface area contributed by atoms with Gasteiger partial charge in [0.2, 0.25) is 12.7 Å². The predicted molar refractivity (Wildman–Crippen MR) is 138 cm³/mol. The first-order valence-electron chi connectivity index (χ1n) is 12.7. The van der Waals surface area contributed by atoms with Gasteiger partial charge in [-0.25, -0.2) is 9.97 Å². The van der Waals surface area contributed by atoms with Gasteiger partial charge in [0.1, 0.15) is 0 Å². The predicted octanol–water partition coefficient (Wildman–Crippen LogP) is 4.69. The standard InChI is InChI=1S/C28H29ClN4O3/c1-26(2)27(3)7-8-28(26,24-23(27)30-19-14-21-22(36-16-35-21)15-20(19)31-24)25(34)33-11-9-32(10-12-33)18-6-4-5-17(29)13-18/h4-6,13-15H,7-12,16H2,1-3H3. The number of anilines is 1. The molecule has 1 aromatic heterocycles. The molecule has 7 rings (SSSR count). The summed E-state index contributed by atoms with van der Waals surface area (Å²) in [6.07, 6.45) is 1.72. The summed E-state index contributed by atoms with van der Waals surface area (Å²) in [4.78, 5) is 29.1. The average molecular weight is 505 g/mol. The molecule has 2 unspecified atom stereocenters. The molecule has 2 aliphatic carbocycles. The molecule has 0 radical (unpaired) electrons. The highest BCUT2D eigenvalue weighted by atomic mass is 35.5. The van der Waals surface area contributed by atoms with Crippen molar-refractivity contribution in [1.82, 2.24) is 14.9 Å². The van der Waals surface area contributed by atoms with Crippen molar-refractivity contribution in [3.05, 3.63) is 52.8 Å². The van der Waals surface area contributed by atoms with Crippen molar-refractivity contribution in [3.8, 4) is 11.5 Å². The number of fused-ring (bicyclic) bond motifs is 7. The maximum atomic E-state index is 14.5. The molecular weight excluding hydrogens is 476 g/mol.